The summed E-state index contributed by atoms with van der Waals surface area (Å²) in [5.74, 6) is -1.63. The Morgan fingerprint density at radius 1 is 1.18 bits per heavy atom. The fraction of sp³-hybridized carbons (Fsp3) is 0.231. The van der Waals surface area contributed by atoms with Crippen molar-refractivity contribution in [2.45, 2.75) is 14.9 Å². The van der Waals surface area contributed by atoms with E-state index in [1.54, 1.807) is 18.2 Å². The maximum Gasteiger partial charge on any atom is 0.382 e. The third kappa shape index (κ3) is 5.51. The number of hydrogen-bond donors (Lipinski definition) is 0. The Morgan fingerprint density at radius 3 is 2.29 bits per heavy atom. The number of rotatable bonds is 5. The van der Waals surface area contributed by atoms with Crippen LogP contribution in [0.5, 0.6) is 0 Å². The first-order valence-corrected chi connectivity index (χ1v) is 4.24. The first-order chi connectivity index (χ1) is 7.25. The van der Waals surface area contributed by atoms with Crippen LogP contribution < -0.4 is 0 Å². The molecule has 0 amide bonds. The zero-order valence-corrected chi connectivity index (χ0v) is 8.01. The zero-order valence-electron chi connectivity index (χ0n) is 8.01. The van der Waals surface area contributed by atoms with Crippen molar-refractivity contribution in [1.82, 2.24) is 0 Å². The number of ketones is 1. The van der Waals surface area contributed by atoms with Gasteiger partial charge in [-0.1, -0.05) is 51.8 Å². The van der Waals surface area contributed by atoms with Crippen molar-refractivity contribution in [1.29, 1.82) is 0 Å². The van der Waals surface area contributed by atoms with Gasteiger partial charge in [-0.3, -0.25) is 4.79 Å². The molecule has 94 valence electrons. The average Bonchev–Trinajstić information content (AvgIpc) is 2.29. The van der Waals surface area contributed by atoms with Gasteiger partial charge in [0.05, 0.1) is 6.26 Å². The summed E-state index contributed by atoms with van der Waals surface area (Å²) in [6.07, 6.45) is 1.13. The third-order valence-electron chi connectivity index (χ3n) is 1.60. The molecule has 0 unspecified atom stereocenters. The first kappa shape index (κ1) is 17.3. The van der Waals surface area contributed by atoms with Crippen LogP contribution in [0.4, 0.5) is 0 Å². The van der Waals surface area contributed by atoms with Gasteiger partial charge in [0.25, 0.3) is 5.78 Å². The Morgan fingerprint density at radius 2 is 1.76 bits per heavy atom. The number of Topliss-reactive ketones (excluding diaryl/α,β-unsaturated/α-hetero) is 1. The molecule has 0 saturated carbocycles. The second-order valence-corrected chi connectivity index (χ2v) is 2.58. The Kier molecular flexibility index (Phi) is 9.31. The smallest absolute Gasteiger partial charge is 0.382 e. The fourth-order valence-electron chi connectivity index (χ4n) is 0.909. The van der Waals surface area contributed by atoms with Gasteiger partial charge in [0.2, 0.25) is 6.79 Å². The third-order valence-corrected chi connectivity index (χ3v) is 1.60. The van der Waals surface area contributed by atoms with E-state index in [-0.39, 0.29) is 21.6 Å². The minimum Gasteiger partial charge on any atom is -0.466 e. The summed E-state index contributed by atoms with van der Waals surface area (Å²) < 4.78 is 9.08. The van der Waals surface area contributed by atoms with E-state index in [1.165, 1.54) is 12.1 Å². The maximum absolute atomic E-state index is 11.4. The van der Waals surface area contributed by atoms with E-state index in [0.29, 0.717) is 5.56 Å². The molecule has 1 aromatic carbocycles. The molecule has 4 nitrogen and oxygen atoms in total. The molecular formula is C13H18O4. The second-order valence-electron chi connectivity index (χ2n) is 2.58. The fourth-order valence-corrected chi connectivity index (χ4v) is 0.909. The molecule has 0 spiro atoms. The quantitative estimate of drug-likeness (QED) is 0.198. The molecule has 1 rings (SSSR count). The highest BCUT2D eigenvalue weighted by atomic mass is 16.7. The molecule has 0 heterocycles. The zero-order chi connectivity index (χ0) is 11.1. The standard InChI is InChI=1S/C11H10O4.2CH4/c1-2-14-8-15-11(13)10(12)9-6-4-3-5-7-9;;/h2-7H,1,8H2;2*1H4. The van der Waals surface area contributed by atoms with E-state index >= 15 is 0 Å². The van der Waals surface area contributed by atoms with Crippen molar-refractivity contribution >= 4 is 11.8 Å². The molecule has 1 aromatic rings. The van der Waals surface area contributed by atoms with Gasteiger partial charge in [-0.15, -0.1) is 0 Å². The lowest BCUT2D eigenvalue weighted by molar-refractivity contribution is -0.146. The lowest BCUT2D eigenvalue weighted by Gasteiger charge is -2.02. The van der Waals surface area contributed by atoms with Gasteiger partial charge in [0.1, 0.15) is 0 Å². The average molecular weight is 238 g/mol. The molecule has 0 atom stereocenters. The summed E-state index contributed by atoms with van der Waals surface area (Å²) in [7, 11) is 0. The molecule has 0 bridgehead atoms. The highest BCUT2D eigenvalue weighted by molar-refractivity contribution is 6.40. The molecule has 4 heteroatoms. The highest BCUT2D eigenvalue weighted by Gasteiger charge is 2.16. The molecule has 0 aliphatic heterocycles. The van der Waals surface area contributed by atoms with Crippen molar-refractivity contribution in [3.63, 3.8) is 0 Å². The molecule has 17 heavy (non-hydrogen) atoms. The predicted octanol–water partition coefficient (Wildman–Crippen LogP) is 2.80. The van der Waals surface area contributed by atoms with Crippen LogP contribution >= 0.6 is 0 Å². The minimum absolute atomic E-state index is 0. The Bertz CT molecular complexity index is 357. The highest BCUT2D eigenvalue weighted by Crippen LogP contribution is 2.01. The number of carbonyl (C=O) groups excluding carboxylic acids is 2. The lowest BCUT2D eigenvalue weighted by Crippen LogP contribution is -2.18. The topological polar surface area (TPSA) is 52.6 Å². The second kappa shape index (κ2) is 9.15. The van der Waals surface area contributed by atoms with Crippen LogP contribution in [-0.4, -0.2) is 18.5 Å². The van der Waals surface area contributed by atoms with E-state index in [9.17, 15) is 9.59 Å². The Hall–Kier alpha value is -2.10. The maximum atomic E-state index is 11.4. The van der Waals surface area contributed by atoms with Gasteiger partial charge in [-0.25, -0.2) is 4.79 Å². The SMILES string of the molecule is C.C.C=COCOC(=O)C(=O)c1ccccc1. The normalized spacial score (nSPS) is 8.00. The van der Waals surface area contributed by atoms with Crippen molar-refractivity contribution in [3.05, 3.63) is 48.7 Å². The summed E-state index contributed by atoms with van der Waals surface area (Å²) in [4.78, 5) is 22.5. The molecule has 0 aliphatic rings. The van der Waals surface area contributed by atoms with Crippen molar-refractivity contribution in [3.8, 4) is 0 Å². The monoisotopic (exact) mass is 238 g/mol. The largest absolute Gasteiger partial charge is 0.466 e. The number of benzene rings is 1. The van der Waals surface area contributed by atoms with Crippen LogP contribution in [0.1, 0.15) is 25.2 Å². The van der Waals surface area contributed by atoms with Gasteiger partial charge < -0.3 is 9.47 Å². The Balaban J connectivity index is 0. The summed E-state index contributed by atoms with van der Waals surface area (Å²) in [5, 5.41) is 0. The summed E-state index contributed by atoms with van der Waals surface area (Å²) in [5.41, 5.74) is 0.293. The van der Waals surface area contributed by atoms with E-state index in [1.807, 2.05) is 0 Å². The molecule has 0 N–H and O–H groups in total. The van der Waals surface area contributed by atoms with Gasteiger partial charge in [0.15, 0.2) is 0 Å². The molecule has 0 aliphatic carbocycles. The van der Waals surface area contributed by atoms with Gasteiger partial charge in [-0.05, 0) is 0 Å². The molecule has 0 fully saturated rings. The van der Waals surface area contributed by atoms with E-state index in [4.69, 9.17) is 0 Å². The van der Waals surface area contributed by atoms with E-state index in [0.717, 1.165) is 6.26 Å². The van der Waals surface area contributed by atoms with Crippen LogP contribution in [-0.2, 0) is 14.3 Å². The molecule has 0 radical (unpaired) electrons. The summed E-state index contributed by atoms with van der Waals surface area (Å²) >= 11 is 0. The van der Waals surface area contributed by atoms with E-state index < -0.39 is 11.8 Å². The first-order valence-electron chi connectivity index (χ1n) is 4.24. The number of carbonyl (C=O) groups is 2. The van der Waals surface area contributed by atoms with Gasteiger partial charge in [0, 0.05) is 5.56 Å². The van der Waals surface area contributed by atoms with Crippen LogP contribution in [0.15, 0.2) is 43.2 Å². The number of esters is 1. The summed E-state index contributed by atoms with van der Waals surface area (Å²) in [6.45, 7) is 2.96. The van der Waals surface area contributed by atoms with E-state index in [2.05, 4.69) is 16.1 Å². The van der Waals surface area contributed by atoms with Crippen LogP contribution in [0.3, 0.4) is 0 Å². The number of hydrogen-bond acceptors (Lipinski definition) is 4. The minimum atomic E-state index is -0.942. The van der Waals surface area contributed by atoms with Crippen molar-refractivity contribution in [2.24, 2.45) is 0 Å². The molecule has 0 saturated heterocycles. The molecule has 0 aromatic heterocycles. The molecular weight excluding hydrogens is 220 g/mol. The van der Waals surface area contributed by atoms with Crippen LogP contribution in [0.25, 0.3) is 0 Å². The number of ether oxygens (including phenoxy) is 2. The summed E-state index contributed by atoms with van der Waals surface area (Å²) in [6, 6.07) is 8.17. The Labute approximate surface area is 102 Å². The van der Waals surface area contributed by atoms with Crippen LogP contribution in [0.2, 0.25) is 0 Å². The van der Waals surface area contributed by atoms with Crippen LogP contribution in [0, 0.1) is 0 Å². The predicted molar refractivity (Wildman–Crippen MR) is 66.5 cm³/mol. The van der Waals surface area contributed by atoms with Crippen molar-refractivity contribution < 1.29 is 19.1 Å². The van der Waals surface area contributed by atoms with Crippen molar-refractivity contribution in [2.75, 3.05) is 6.79 Å². The van der Waals surface area contributed by atoms with Gasteiger partial charge in [-0.2, -0.15) is 0 Å². The van der Waals surface area contributed by atoms with Gasteiger partial charge >= 0.3 is 5.97 Å². The lowest BCUT2D eigenvalue weighted by atomic mass is 10.1.